The van der Waals surface area contributed by atoms with Gasteiger partial charge < -0.3 is 14.6 Å². The highest BCUT2D eigenvalue weighted by Gasteiger charge is 2.53. The Morgan fingerprint density at radius 1 is 1.15 bits per heavy atom. The summed E-state index contributed by atoms with van der Waals surface area (Å²) < 4.78 is 10.3. The van der Waals surface area contributed by atoms with E-state index >= 15 is 0 Å². The number of ether oxygens (including phenoxy) is 2. The molecule has 0 saturated heterocycles. The molecule has 134 valence electrons. The lowest BCUT2D eigenvalue weighted by Gasteiger charge is -2.23. The molecule has 0 fully saturated rings. The van der Waals surface area contributed by atoms with Gasteiger partial charge in [0.1, 0.15) is 6.73 Å². The van der Waals surface area contributed by atoms with Crippen molar-refractivity contribution in [2.45, 2.75) is 12.2 Å². The van der Waals surface area contributed by atoms with E-state index in [2.05, 4.69) is 11.3 Å². The summed E-state index contributed by atoms with van der Waals surface area (Å²) in [6, 6.07) is 16.2. The van der Waals surface area contributed by atoms with Crippen molar-refractivity contribution in [3.05, 3.63) is 77.9 Å². The third kappa shape index (κ3) is 2.89. The van der Waals surface area contributed by atoms with Gasteiger partial charge in [-0.2, -0.15) is 0 Å². The quantitative estimate of drug-likeness (QED) is 0.636. The second kappa shape index (κ2) is 7.11. The first-order chi connectivity index (χ1) is 12.5. The largest absolute Gasteiger partial charge is 0.466 e. The lowest BCUT2D eigenvalue weighted by molar-refractivity contribution is -0.144. The van der Waals surface area contributed by atoms with Crippen LogP contribution in [0.4, 0.5) is 5.69 Å². The number of para-hydroxylation sites is 1. The minimum Gasteiger partial charge on any atom is -0.466 e. The molecule has 1 aliphatic rings. The highest BCUT2D eigenvalue weighted by molar-refractivity contribution is 6.13. The van der Waals surface area contributed by atoms with Crippen molar-refractivity contribution in [2.75, 3.05) is 18.7 Å². The molecule has 0 radical (unpaired) electrons. The Balaban J connectivity index is 1.85. The molecule has 1 aliphatic heterocycles. The molecule has 0 bridgehead atoms. The number of anilines is 1. The maximum atomic E-state index is 12.9. The molecule has 0 saturated carbocycles. The molecule has 26 heavy (non-hydrogen) atoms. The van der Waals surface area contributed by atoms with E-state index in [0.717, 1.165) is 5.56 Å². The van der Waals surface area contributed by atoms with Crippen molar-refractivity contribution in [2.24, 2.45) is 0 Å². The van der Waals surface area contributed by atoms with Crippen molar-refractivity contribution in [3.8, 4) is 0 Å². The molecule has 3 rings (SSSR count). The number of aliphatic hydroxyl groups is 1. The summed E-state index contributed by atoms with van der Waals surface area (Å²) in [7, 11) is 1.17. The van der Waals surface area contributed by atoms with E-state index in [1.54, 1.807) is 24.3 Å². The topological polar surface area (TPSA) is 76.1 Å². The molecule has 1 atom stereocenters. The number of fused-ring (bicyclic) bond motifs is 1. The van der Waals surface area contributed by atoms with Crippen LogP contribution < -0.4 is 4.90 Å². The number of hydrogen-bond acceptors (Lipinski definition) is 5. The number of methoxy groups -OCH3 is 1. The van der Waals surface area contributed by atoms with Gasteiger partial charge in [-0.1, -0.05) is 55.1 Å². The normalized spacial score (nSPS) is 18.5. The second-order valence-electron chi connectivity index (χ2n) is 5.89. The number of amides is 1. The lowest BCUT2D eigenvalue weighted by atomic mass is 9.88. The van der Waals surface area contributed by atoms with Crippen molar-refractivity contribution >= 4 is 17.6 Å². The molecule has 6 heteroatoms. The van der Waals surface area contributed by atoms with Gasteiger partial charge in [-0.15, -0.1) is 0 Å². The van der Waals surface area contributed by atoms with Gasteiger partial charge in [-0.05, 0) is 11.6 Å². The van der Waals surface area contributed by atoms with Gasteiger partial charge in [0, 0.05) is 5.56 Å². The SMILES string of the molecule is C=C(C(=O)OC)C1(O)C(=O)N(COCc2ccccc2)c2ccccc21. The van der Waals surface area contributed by atoms with E-state index in [0.29, 0.717) is 12.3 Å². The minimum atomic E-state index is -2.17. The van der Waals surface area contributed by atoms with Crippen LogP contribution in [0.15, 0.2) is 66.7 Å². The first-order valence-electron chi connectivity index (χ1n) is 8.03. The number of carbonyl (C=O) groups is 2. The fourth-order valence-electron chi connectivity index (χ4n) is 2.95. The number of benzene rings is 2. The smallest absolute Gasteiger partial charge is 0.336 e. The van der Waals surface area contributed by atoms with Crippen LogP contribution in [-0.4, -0.2) is 30.8 Å². The Kier molecular flexibility index (Phi) is 4.88. The molecule has 2 aromatic carbocycles. The summed E-state index contributed by atoms with van der Waals surface area (Å²) in [6.07, 6.45) is 0. The summed E-state index contributed by atoms with van der Waals surface area (Å²) in [4.78, 5) is 26.1. The van der Waals surface area contributed by atoms with E-state index < -0.39 is 17.5 Å². The third-order valence-electron chi connectivity index (χ3n) is 4.34. The molecular formula is C20H19NO5. The molecule has 0 aromatic heterocycles. The maximum absolute atomic E-state index is 12.9. The average molecular weight is 353 g/mol. The van der Waals surface area contributed by atoms with Gasteiger partial charge in [-0.25, -0.2) is 4.79 Å². The number of esters is 1. The van der Waals surface area contributed by atoms with Crippen LogP contribution in [0.1, 0.15) is 11.1 Å². The zero-order valence-corrected chi connectivity index (χ0v) is 14.3. The highest BCUT2D eigenvalue weighted by atomic mass is 16.5. The molecule has 0 aliphatic carbocycles. The molecule has 1 amide bonds. The lowest BCUT2D eigenvalue weighted by Crippen LogP contribution is -2.44. The molecule has 6 nitrogen and oxygen atoms in total. The van der Waals surface area contributed by atoms with Crippen LogP contribution >= 0.6 is 0 Å². The predicted molar refractivity (Wildman–Crippen MR) is 95.1 cm³/mol. The summed E-state index contributed by atoms with van der Waals surface area (Å²) in [5, 5.41) is 11.0. The summed E-state index contributed by atoms with van der Waals surface area (Å²) in [6.45, 7) is 3.82. The van der Waals surface area contributed by atoms with Crippen molar-refractivity contribution in [3.63, 3.8) is 0 Å². The van der Waals surface area contributed by atoms with E-state index in [9.17, 15) is 14.7 Å². The fourth-order valence-corrected chi connectivity index (χ4v) is 2.95. The number of rotatable bonds is 6. The van der Waals surface area contributed by atoms with Crippen molar-refractivity contribution in [1.29, 1.82) is 0 Å². The van der Waals surface area contributed by atoms with Crippen molar-refractivity contribution < 1.29 is 24.2 Å². The van der Waals surface area contributed by atoms with Crippen LogP contribution in [-0.2, 0) is 31.3 Å². The Bertz CT molecular complexity index is 848. The van der Waals surface area contributed by atoms with E-state index in [1.807, 2.05) is 30.3 Å². The van der Waals surface area contributed by atoms with E-state index in [-0.39, 0.29) is 17.9 Å². The van der Waals surface area contributed by atoms with Gasteiger partial charge in [-0.3, -0.25) is 9.69 Å². The molecule has 1 N–H and O–H groups in total. The molecule has 1 unspecified atom stereocenters. The van der Waals surface area contributed by atoms with Crippen LogP contribution in [0.3, 0.4) is 0 Å². The third-order valence-corrected chi connectivity index (χ3v) is 4.34. The van der Waals surface area contributed by atoms with Gasteiger partial charge in [0.15, 0.2) is 0 Å². The van der Waals surface area contributed by atoms with Crippen LogP contribution in [0.5, 0.6) is 0 Å². The van der Waals surface area contributed by atoms with E-state index in [4.69, 9.17) is 4.74 Å². The first kappa shape index (κ1) is 17.8. The summed E-state index contributed by atoms with van der Waals surface area (Å²) >= 11 is 0. The maximum Gasteiger partial charge on any atom is 0.336 e. The Morgan fingerprint density at radius 2 is 1.81 bits per heavy atom. The Morgan fingerprint density at radius 3 is 2.50 bits per heavy atom. The molecular weight excluding hydrogens is 334 g/mol. The van der Waals surface area contributed by atoms with Crippen molar-refractivity contribution in [1.82, 2.24) is 0 Å². The highest BCUT2D eigenvalue weighted by Crippen LogP contribution is 2.44. The van der Waals surface area contributed by atoms with Crippen LogP contribution in [0.25, 0.3) is 0 Å². The van der Waals surface area contributed by atoms with Crippen LogP contribution in [0.2, 0.25) is 0 Å². The average Bonchev–Trinajstić information content (AvgIpc) is 2.90. The first-order valence-corrected chi connectivity index (χ1v) is 8.03. The minimum absolute atomic E-state index is 0.0680. The van der Waals surface area contributed by atoms with E-state index in [1.165, 1.54) is 12.0 Å². The zero-order chi connectivity index (χ0) is 18.7. The fraction of sp³-hybridized carbons (Fsp3) is 0.200. The van der Waals surface area contributed by atoms with Gasteiger partial charge in [0.2, 0.25) is 5.60 Å². The van der Waals surface area contributed by atoms with Gasteiger partial charge in [0.25, 0.3) is 5.91 Å². The zero-order valence-electron chi connectivity index (χ0n) is 14.3. The number of hydrogen-bond donors (Lipinski definition) is 1. The molecule has 2 aromatic rings. The number of carbonyl (C=O) groups excluding carboxylic acids is 2. The Hall–Kier alpha value is -2.96. The van der Waals surface area contributed by atoms with Crippen LogP contribution in [0, 0.1) is 0 Å². The van der Waals surface area contributed by atoms with Gasteiger partial charge >= 0.3 is 5.97 Å². The summed E-state index contributed by atoms with van der Waals surface area (Å²) in [5.41, 5.74) is -0.786. The summed E-state index contributed by atoms with van der Waals surface area (Å²) in [5.74, 6) is -1.54. The molecule has 1 heterocycles. The Labute approximate surface area is 151 Å². The predicted octanol–water partition coefficient (Wildman–Crippen LogP) is 2.12. The number of nitrogens with zero attached hydrogens (tertiary/aromatic N) is 1. The molecule has 0 spiro atoms. The standard InChI is InChI=1S/C20H19NO5/c1-14(18(22)25-2)20(24)16-10-6-7-11-17(16)21(19(20)23)13-26-12-15-8-4-3-5-9-15/h3-11,24H,1,12-13H2,2H3. The van der Waals surface area contributed by atoms with Gasteiger partial charge in [0.05, 0.1) is 25.0 Å². The second-order valence-corrected chi connectivity index (χ2v) is 5.89. The monoisotopic (exact) mass is 353 g/mol.